The van der Waals surface area contributed by atoms with Gasteiger partial charge in [-0.3, -0.25) is 4.79 Å². The summed E-state index contributed by atoms with van der Waals surface area (Å²) in [6, 6.07) is 6.09. The van der Waals surface area contributed by atoms with Crippen LogP contribution in [0.2, 0.25) is 0 Å². The molecule has 2 aromatic rings. The highest BCUT2D eigenvalue weighted by atomic mass is 32.2. The number of ether oxygens (including phenoxy) is 2. The van der Waals surface area contributed by atoms with Crippen LogP contribution in [-0.4, -0.2) is 35.3 Å². The topological polar surface area (TPSA) is 73.3 Å². The first-order valence-corrected chi connectivity index (χ1v) is 8.23. The van der Waals surface area contributed by atoms with Crippen molar-refractivity contribution < 1.29 is 23.0 Å². The minimum atomic E-state index is -2.99. The van der Waals surface area contributed by atoms with Crippen LogP contribution < -0.4 is 14.8 Å². The molecule has 9 heteroatoms. The monoisotopic (exact) mass is 369 g/mol. The fourth-order valence-electron chi connectivity index (χ4n) is 2.03. The Labute approximate surface area is 148 Å². The number of hydrogen-bond donors (Lipinski definition) is 1. The SMILES string of the molecule is COc1ccc(NC(=O)CSc2nc(C)cc(C)n2)cc1OC(F)F. The van der Waals surface area contributed by atoms with E-state index in [1.807, 2.05) is 19.9 Å². The van der Waals surface area contributed by atoms with Gasteiger partial charge in [0.2, 0.25) is 5.91 Å². The van der Waals surface area contributed by atoms with Gasteiger partial charge in [0.1, 0.15) is 0 Å². The normalized spacial score (nSPS) is 10.6. The van der Waals surface area contributed by atoms with Crippen LogP contribution in [0.5, 0.6) is 11.5 Å². The summed E-state index contributed by atoms with van der Waals surface area (Å²) >= 11 is 1.19. The van der Waals surface area contributed by atoms with Gasteiger partial charge in [-0.25, -0.2) is 9.97 Å². The van der Waals surface area contributed by atoms with E-state index in [4.69, 9.17) is 4.74 Å². The van der Waals surface area contributed by atoms with E-state index in [1.165, 1.54) is 37.1 Å². The van der Waals surface area contributed by atoms with Crippen molar-refractivity contribution in [2.24, 2.45) is 0 Å². The molecule has 25 heavy (non-hydrogen) atoms. The Morgan fingerprint density at radius 1 is 1.20 bits per heavy atom. The van der Waals surface area contributed by atoms with Crippen LogP contribution in [0.4, 0.5) is 14.5 Å². The van der Waals surface area contributed by atoms with E-state index < -0.39 is 6.61 Å². The van der Waals surface area contributed by atoms with E-state index in [1.54, 1.807) is 0 Å². The highest BCUT2D eigenvalue weighted by Crippen LogP contribution is 2.31. The number of aryl methyl sites for hydroxylation is 2. The molecule has 6 nitrogen and oxygen atoms in total. The molecule has 0 spiro atoms. The van der Waals surface area contributed by atoms with Crippen molar-refractivity contribution in [1.82, 2.24) is 9.97 Å². The second-order valence-corrected chi connectivity index (χ2v) is 5.96. The van der Waals surface area contributed by atoms with E-state index in [0.717, 1.165) is 11.4 Å². The predicted octanol–water partition coefficient (Wildman–Crippen LogP) is 3.43. The lowest BCUT2D eigenvalue weighted by Gasteiger charge is -2.12. The van der Waals surface area contributed by atoms with E-state index in [0.29, 0.717) is 10.8 Å². The highest BCUT2D eigenvalue weighted by molar-refractivity contribution is 7.99. The molecule has 0 fully saturated rings. The van der Waals surface area contributed by atoms with Gasteiger partial charge in [-0.15, -0.1) is 0 Å². The molecule has 134 valence electrons. The molecular weight excluding hydrogens is 352 g/mol. The molecule has 1 aromatic heterocycles. The Morgan fingerprint density at radius 2 is 1.88 bits per heavy atom. The van der Waals surface area contributed by atoms with E-state index >= 15 is 0 Å². The molecule has 0 bridgehead atoms. The number of methoxy groups -OCH3 is 1. The van der Waals surface area contributed by atoms with Crippen molar-refractivity contribution in [2.45, 2.75) is 25.6 Å². The summed E-state index contributed by atoms with van der Waals surface area (Å²) in [6.07, 6.45) is 0. The number of rotatable bonds is 7. The summed E-state index contributed by atoms with van der Waals surface area (Å²) in [5.41, 5.74) is 1.96. The van der Waals surface area contributed by atoms with Crippen molar-refractivity contribution in [3.63, 3.8) is 0 Å². The number of amides is 1. The second-order valence-electron chi connectivity index (χ2n) is 5.01. The number of aromatic nitrogens is 2. The third-order valence-corrected chi connectivity index (χ3v) is 3.80. The van der Waals surface area contributed by atoms with Crippen molar-refractivity contribution in [2.75, 3.05) is 18.2 Å². The maximum atomic E-state index is 12.4. The molecule has 0 radical (unpaired) electrons. The minimum absolute atomic E-state index is 0.0833. The number of alkyl halides is 2. The Bertz CT molecular complexity index is 739. The lowest BCUT2D eigenvalue weighted by molar-refractivity contribution is -0.113. The Kier molecular flexibility index (Phi) is 6.51. The van der Waals surface area contributed by atoms with Crippen LogP contribution in [0, 0.1) is 13.8 Å². The van der Waals surface area contributed by atoms with Gasteiger partial charge < -0.3 is 14.8 Å². The van der Waals surface area contributed by atoms with E-state index in [2.05, 4.69) is 20.0 Å². The number of halogens is 2. The number of anilines is 1. The number of benzene rings is 1. The van der Waals surface area contributed by atoms with Gasteiger partial charge in [-0.05, 0) is 32.0 Å². The van der Waals surface area contributed by atoms with Gasteiger partial charge in [0, 0.05) is 23.1 Å². The predicted molar refractivity (Wildman–Crippen MR) is 90.5 cm³/mol. The van der Waals surface area contributed by atoms with Gasteiger partial charge in [-0.1, -0.05) is 11.8 Å². The van der Waals surface area contributed by atoms with E-state index in [-0.39, 0.29) is 23.2 Å². The van der Waals surface area contributed by atoms with Gasteiger partial charge in [0.25, 0.3) is 0 Å². The molecule has 1 aromatic carbocycles. The summed E-state index contributed by atoms with van der Waals surface area (Å²) in [6.45, 7) is 0.707. The fourth-order valence-corrected chi connectivity index (χ4v) is 2.78. The van der Waals surface area contributed by atoms with Gasteiger partial charge >= 0.3 is 6.61 Å². The largest absolute Gasteiger partial charge is 0.493 e. The Morgan fingerprint density at radius 3 is 2.48 bits per heavy atom. The molecule has 0 atom stereocenters. The zero-order valence-corrected chi connectivity index (χ0v) is 14.7. The summed E-state index contributed by atoms with van der Waals surface area (Å²) in [5, 5.41) is 3.11. The van der Waals surface area contributed by atoms with Crippen molar-refractivity contribution >= 4 is 23.4 Å². The molecule has 0 saturated carbocycles. The Balaban J connectivity index is 2.00. The lowest BCUT2D eigenvalue weighted by atomic mass is 10.2. The van der Waals surface area contributed by atoms with Crippen molar-refractivity contribution in [3.05, 3.63) is 35.7 Å². The summed E-state index contributed by atoms with van der Waals surface area (Å²) in [4.78, 5) is 20.5. The molecule has 0 aliphatic heterocycles. The number of carbonyl (C=O) groups is 1. The molecule has 0 aliphatic rings. The number of carbonyl (C=O) groups excluding carboxylic acids is 1. The minimum Gasteiger partial charge on any atom is -0.493 e. The quantitative estimate of drug-likeness (QED) is 0.595. The second kappa shape index (κ2) is 8.61. The number of thioether (sulfide) groups is 1. The Hall–Kier alpha value is -2.42. The average Bonchev–Trinajstić information content (AvgIpc) is 2.52. The summed E-state index contributed by atoms with van der Waals surface area (Å²) in [7, 11) is 1.34. The maximum absolute atomic E-state index is 12.4. The van der Waals surface area contributed by atoms with Crippen LogP contribution in [0.15, 0.2) is 29.4 Å². The first-order chi connectivity index (χ1) is 11.9. The van der Waals surface area contributed by atoms with E-state index in [9.17, 15) is 13.6 Å². The number of hydrogen-bond acceptors (Lipinski definition) is 6. The molecule has 1 heterocycles. The molecule has 2 rings (SSSR count). The molecular formula is C16H17F2N3O3S. The third kappa shape index (κ3) is 5.86. The maximum Gasteiger partial charge on any atom is 0.387 e. The third-order valence-electron chi connectivity index (χ3n) is 2.96. The van der Waals surface area contributed by atoms with Gasteiger partial charge in [0.15, 0.2) is 16.7 Å². The van der Waals surface area contributed by atoms with Crippen LogP contribution >= 0.6 is 11.8 Å². The zero-order chi connectivity index (χ0) is 18.4. The van der Waals surface area contributed by atoms with Gasteiger partial charge in [0.05, 0.1) is 12.9 Å². The highest BCUT2D eigenvalue weighted by Gasteiger charge is 2.13. The molecule has 0 unspecified atom stereocenters. The first-order valence-electron chi connectivity index (χ1n) is 7.25. The van der Waals surface area contributed by atoms with Crippen LogP contribution in [-0.2, 0) is 4.79 Å². The first kappa shape index (κ1) is 18.9. The van der Waals surface area contributed by atoms with Crippen molar-refractivity contribution in [1.29, 1.82) is 0 Å². The zero-order valence-electron chi connectivity index (χ0n) is 13.9. The van der Waals surface area contributed by atoms with Gasteiger partial charge in [-0.2, -0.15) is 8.78 Å². The smallest absolute Gasteiger partial charge is 0.387 e. The molecule has 1 N–H and O–H groups in total. The van der Waals surface area contributed by atoms with Crippen LogP contribution in [0.3, 0.4) is 0 Å². The summed E-state index contributed by atoms with van der Waals surface area (Å²) in [5.74, 6) is -0.238. The molecule has 0 aliphatic carbocycles. The number of nitrogens with one attached hydrogen (secondary N) is 1. The average molecular weight is 369 g/mol. The fraction of sp³-hybridized carbons (Fsp3) is 0.312. The lowest BCUT2D eigenvalue weighted by Crippen LogP contribution is -2.14. The molecule has 1 amide bonds. The van der Waals surface area contributed by atoms with Crippen LogP contribution in [0.25, 0.3) is 0 Å². The van der Waals surface area contributed by atoms with Crippen molar-refractivity contribution in [3.8, 4) is 11.5 Å². The summed E-state index contributed by atoms with van der Waals surface area (Å²) < 4.78 is 34.2. The number of nitrogens with zero attached hydrogens (tertiary/aromatic N) is 2. The standard InChI is InChI=1S/C16H17F2N3O3S/c1-9-6-10(2)20-16(19-9)25-8-14(22)21-11-4-5-12(23-3)13(7-11)24-15(17)18/h4-7,15H,8H2,1-3H3,(H,21,22). The van der Waals surface area contributed by atoms with Crippen LogP contribution in [0.1, 0.15) is 11.4 Å². The molecule has 0 saturated heterocycles.